The van der Waals surface area contributed by atoms with Crippen LogP contribution in [0.1, 0.15) is 5.56 Å². The largest absolute Gasteiger partial charge is 0.489 e. The molecule has 0 aliphatic rings. The Labute approximate surface area is 149 Å². The Balaban J connectivity index is 1.51. The number of hydrogen-bond acceptors (Lipinski definition) is 3. The Morgan fingerprint density at radius 2 is 1.62 bits per heavy atom. The number of ether oxygens (including phenoxy) is 1. The fraction of sp³-hybridized carbons (Fsp3) is 0.0500. The minimum Gasteiger partial charge on any atom is -0.489 e. The average molecular weight is 352 g/mol. The minimum atomic E-state index is 0.458. The number of benzene rings is 3. The number of rotatable bonds is 4. The molecule has 24 heavy (non-hydrogen) atoms. The molecule has 0 atom stereocenters. The molecule has 3 aromatic carbocycles. The molecule has 0 fully saturated rings. The Hall–Kier alpha value is -2.36. The third kappa shape index (κ3) is 3.14. The molecule has 118 valence electrons. The molecule has 0 aliphatic carbocycles. The highest BCUT2D eigenvalue weighted by atomic mass is 35.5. The number of halogens is 1. The molecule has 1 aromatic heterocycles. The summed E-state index contributed by atoms with van der Waals surface area (Å²) < 4.78 is 7.02. The fourth-order valence-corrected chi connectivity index (χ4v) is 3.63. The van der Waals surface area contributed by atoms with Crippen LogP contribution in [0.5, 0.6) is 5.75 Å². The quantitative estimate of drug-likeness (QED) is 0.437. The van der Waals surface area contributed by atoms with Crippen LogP contribution in [0.3, 0.4) is 0 Å². The first-order valence-electron chi connectivity index (χ1n) is 7.62. The van der Waals surface area contributed by atoms with Crippen molar-refractivity contribution in [3.05, 3.63) is 83.4 Å². The summed E-state index contributed by atoms with van der Waals surface area (Å²) in [5, 5.41) is 1.75. The van der Waals surface area contributed by atoms with Crippen LogP contribution in [0.15, 0.2) is 72.8 Å². The Kier molecular flexibility index (Phi) is 4.20. The van der Waals surface area contributed by atoms with Crippen molar-refractivity contribution in [2.24, 2.45) is 0 Å². The van der Waals surface area contributed by atoms with Crippen LogP contribution in [0, 0.1) is 0 Å². The van der Waals surface area contributed by atoms with Gasteiger partial charge in [0.2, 0.25) is 0 Å². The summed E-state index contributed by atoms with van der Waals surface area (Å²) >= 11 is 7.85. The van der Waals surface area contributed by atoms with Gasteiger partial charge in [0.05, 0.1) is 10.2 Å². The van der Waals surface area contributed by atoms with Gasteiger partial charge in [-0.25, -0.2) is 4.98 Å². The van der Waals surface area contributed by atoms with Crippen LogP contribution < -0.4 is 4.74 Å². The number of nitrogens with zero attached hydrogens (tertiary/aromatic N) is 1. The van der Waals surface area contributed by atoms with Gasteiger partial charge < -0.3 is 4.74 Å². The maximum atomic E-state index is 6.15. The van der Waals surface area contributed by atoms with Gasteiger partial charge in [0, 0.05) is 16.1 Å². The molecule has 0 bridgehead atoms. The van der Waals surface area contributed by atoms with E-state index >= 15 is 0 Å². The second kappa shape index (κ2) is 6.63. The lowest BCUT2D eigenvalue weighted by molar-refractivity contribution is 0.306. The van der Waals surface area contributed by atoms with E-state index in [1.54, 1.807) is 11.3 Å². The molecule has 0 N–H and O–H groups in total. The average Bonchev–Trinajstić information content (AvgIpc) is 3.06. The predicted molar refractivity (Wildman–Crippen MR) is 101 cm³/mol. The number of fused-ring (bicyclic) bond motifs is 1. The van der Waals surface area contributed by atoms with Gasteiger partial charge in [0.25, 0.3) is 0 Å². The van der Waals surface area contributed by atoms with E-state index in [1.807, 2.05) is 66.7 Å². The zero-order valence-electron chi connectivity index (χ0n) is 12.8. The van der Waals surface area contributed by atoms with Crippen molar-refractivity contribution < 1.29 is 4.74 Å². The molecule has 4 rings (SSSR count). The predicted octanol–water partition coefficient (Wildman–Crippen LogP) is 6.20. The molecule has 0 saturated heterocycles. The SMILES string of the molecule is Clc1ccccc1COc1ccc(-c2nc3ccccc3s2)cc1. The highest BCUT2D eigenvalue weighted by Crippen LogP contribution is 2.31. The van der Waals surface area contributed by atoms with E-state index in [0.717, 1.165) is 32.4 Å². The summed E-state index contributed by atoms with van der Waals surface area (Å²) in [6, 6.07) is 23.9. The molecule has 4 aromatic rings. The summed E-state index contributed by atoms with van der Waals surface area (Å²) in [5.41, 5.74) is 3.12. The lowest BCUT2D eigenvalue weighted by Crippen LogP contribution is -1.95. The molecular weight excluding hydrogens is 338 g/mol. The minimum absolute atomic E-state index is 0.458. The summed E-state index contributed by atoms with van der Waals surface area (Å²) in [6.45, 7) is 0.458. The highest BCUT2D eigenvalue weighted by molar-refractivity contribution is 7.21. The van der Waals surface area contributed by atoms with Gasteiger partial charge in [-0.3, -0.25) is 0 Å². The van der Waals surface area contributed by atoms with Gasteiger partial charge in [0.1, 0.15) is 17.4 Å². The number of para-hydroxylation sites is 1. The zero-order valence-corrected chi connectivity index (χ0v) is 14.3. The number of hydrogen-bond donors (Lipinski definition) is 0. The number of thiazole rings is 1. The van der Waals surface area contributed by atoms with Crippen molar-refractivity contribution in [2.45, 2.75) is 6.61 Å². The molecule has 0 saturated carbocycles. The van der Waals surface area contributed by atoms with E-state index in [0.29, 0.717) is 6.61 Å². The van der Waals surface area contributed by atoms with Gasteiger partial charge in [0.15, 0.2) is 0 Å². The van der Waals surface area contributed by atoms with Crippen molar-refractivity contribution in [1.29, 1.82) is 0 Å². The van der Waals surface area contributed by atoms with Crippen LogP contribution in [0.4, 0.5) is 0 Å². The van der Waals surface area contributed by atoms with Crippen molar-refractivity contribution >= 4 is 33.2 Å². The van der Waals surface area contributed by atoms with Gasteiger partial charge >= 0.3 is 0 Å². The van der Waals surface area contributed by atoms with Gasteiger partial charge in [-0.15, -0.1) is 11.3 Å². The normalized spacial score (nSPS) is 10.9. The Morgan fingerprint density at radius 1 is 0.875 bits per heavy atom. The summed E-state index contributed by atoms with van der Waals surface area (Å²) in [6.07, 6.45) is 0. The van der Waals surface area contributed by atoms with Crippen LogP contribution >= 0.6 is 22.9 Å². The van der Waals surface area contributed by atoms with Gasteiger partial charge in [-0.05, 0) is 42.5 Å². The van der Waals surface area contributed by atoms with E-state index in [9.17, 15) is 0 Å². The topological polar surface area (TPSA) is 22.1 Å². The molecule has 0 spiro atoms. The number of aromatic nitrogens is 1. The van der Waals surface area contributed by atoms with Crippen LogP contribution in [0.25, 0.3) is 20.8 Å². The van der Waals surface area contributed by atoms with Crippen LogP contribution in [-0.4, -0.2) is 4.98 Å². The first-order chi connectivity index (χ1) is 11.8. The van der Waals surface area contributed by atoms with Crippen LogP contribution in [-0.2, 0) is 6.61 Å². The fourth-order valence-electron chi connectivity index (χ4n) is 2.47. The smallest absolute Gasteiger partial charge is 0.124 e. The second-order valence-corrected chi connectivity index (χ2v) is 6.83. The first-order valence-corrected chi connectivity index (χ1v) is 8.81. The van der Waals surface area contributed by atoms with Crippen molar-refractivity contribution in [2.75, 3.05) is 0 Å². The summed E-state index contributed by atoms with van der Waals surface area (Å²) in [5.74, 6) is 0.819. The summed E-state index contributed by atoms with van der Waals surface area (Å²) in [4.78, 5) is 4.68. The molecule has 1 heterocycles. The van der Waals surface area contributed by atoms with Crippen molar-refractivity contribution in [1.82, 2.24) is 4.98 Å². The van der Waals surface area contributed by atoms with E-state index in [-0.39, 0.29) is 0 Å². The van der Waals surface area contributed by atoms with Crippen molar-refractivity contribution in [3.63, 3.8) is 0 Å². The van der Waals surface area contributed by atoms with Gasteiger partial charge in [-0.2, -0.15) is 0 Å². The lowest BCUT2D eigenvalue weighted by Gasteiger charge is -2.08. The molecule has 0 amide bonds. The first kappa shape index (κ1) is 15.2. The van der Waals surface area contributed by atoms with Crippen LogP contribution in [0.2, 0.25) is 5.02 Å². The Bertz CT molecular complexity index is 945. The van der Waals surface area contributed by atoms with E-state index in [1.165, 1.54) is 4.70 Å². The molecular formula is C20H14ClNOS. The standard InChI is InChI=1S/C20H14ClNOS/c21-17-6-2-1-5-15(17)13-23-16-11-9-14(10-12-16)20-22-18-7-3-4-8-19(18)24-20/h1-12H,13H2. The Morgan fingerprint density at radius 3 is 2.42 bits per heavy atom. The van der Waals surface area contributed by atoms with Crippen molar-refractivity contribution in [3.8, 4) is 16.3 Å². The third-order valence-corrected chi connectivity index (χ3v) is 5.20. The van der Waals surface area contributed by atoms with E-state index in [4.69, 9.17) is 16.3 Å². The maximum Gasteiger partial charge on any atom is 0.124 e. The third-order valence-electron chi connectivity index (χ3n) is 3.75. The monoisotopic (exact) mass is 351 g/mol. The van der Waals surface area contributed by atoms with E-state index < -0.39 is 0 Å². The highest BCUT2D eigenvalue weighted by Gasteiger charge is 2.06. The molecule has 0 unspecified atom stereocenters. The summed E-state index contributed by atoms with van der Waals surface area (Å²) in [7, 11) is 0. The molecule has 4 heteroatoms. The van der Waals surface area contributed by atoms with E-state index in [2.05, 4.69) is 11.1 Å². The maximum absolute atomic E-state index is 6.15. The molecule has 2 nitrogen and oxygen atoms in total. The zero-order chi connectivity index (χ0) is 16.4. The molecule has 0 aliphatic heterocycles. The lowest BCUT2D eigenvalue weighted by atomic mass is 10.2. The molecule has 0 radical (unpaired) electrons. The second-order valence-electron chi connectivity index (χ2n) is 5.39. The van der Waals surface area contributed by atoms with Gasteiger partial charge in [-0.1, -0.05) is 41.9 Å².